The lowest BCUT2D eigenvalue weighted by molar-refractivity contribution is 0.0520. The molecule has 1 N–H and O–H groups in total. The molecule has 0 saturated heterocycles. The molecule has 72 heavy (non-hydrogen) atoms. The highest BCUT2D eigenvalue weighted by Crippen LogP contribution is 2.57. The van der Waals surface area contributed by atoms with Crippen molar-refractivity contribution in [2.75, 3.05) is 27.3 Å². The van der Waals surface area contributed by atoms with E-state index in [4.69, 9.17) is 9.47 Å². The number of nitriles is 2. The summed E-state index contributed by atoms with van der Waals surface area (Å²) in [6, 6.07) is 76.9. The molecular formula is C65H57N3O4. The predicted molar refractivity (Wildman–Crippen MR) is 287 cm³/mol. The molecule has 0 fully saturated rings. The van der Waals surface area contributed by atoms with Gasteiger partial charge < -0.3 is 19.5 Å². The first-order chi connectivity index (χ1) is 35.1. The van der Waals surface area contributed by atoms with Crippen LogP contribution in [0.3, 0.4) is 0 Å². The Morgan fingerprint density at radius 2 is 0.833 bits per heavy atom. The fourth-order valence-electron chi connectivity index (χ4n) is 11.6. The van der Waals surface area contributed by atoms with Crippen molar-refractivity contribution in [1.82, 2.24) is 4.90 Å². The Hall–Kier alpha value is -8.65. The molecule has 9 aromatic rings. The number of benzene rings is 9. The van der Waals surface area contributed by atoms with Crippen molar-refractivity contribution in [2.24, 2.45) is 10.8 Å². The molecule has 4 atom stereocenters. The number of phenolic OH excluding ortho intramolecular Hbond substituents is 1. The third kappa shape index (κ3) is 8.48. The van der Waals surface area contributed by atoms with E-state index in [2.05, 4.69) is 84.9 Å². The minimum atomic E-state index is -1.51. The van der Waals surface area contributed by atoms with Gasteiger partial charge in [0, 0.05) is 35.0 Å². The van der Waals surface area contributed by atoms with Crippen LogP contribution < -0.4 is 9.47 Å². The summed E-state index contributed by atoms with van der Waals surface area (Å²) in [5, 5.41) is 40.3. The number of amides is 1. The number of ether oxygens (including phenoxy) is 2. The minimum Gasteiger partial charge on any atom is -0.507 e. The van der Waals surface area contributed by atoms with Gasteiger partial charge in [0.1, 0.15) is 17.2 Å². The molecule has 0 bridgehead atoms. The van der Waals surface area contributed by atoms with E-state index in [0.29, 0.717) is 24.3 Å². The van der Waals surface area contributed by atoms with Crippen molar-refractivity contribution < 1.29 is 19.4 Å². The maximum atomic E-state index is 16.0. The van der Waals surface area contributed by atoms with Gasteiger partial charge in [-0.05, 0) is 94.8 Å². The summed E-state index contributed by atoms with van der Waals surface area (Å²) in [5.41, 5.74) is -0.250. The number of hydrogen-bond acceptors (Lipinski definition) is 6. The highest BCUT2D eigenvalue weighted by Gasteiger charge is 2.58. The van der Waals surface area contributed by atoms with Gasteiger partial charge in [0.15, 0.2) is 0 Å². The lowest BCUT2D eigenvalue weighted by atomic mass is 9.53. The number of aromatic hydroxyl groups is 1. The Balaban J connectivity index is 1.37. The molecule has 0 spiro atoms. The monoisotopic (exact) mass is 943 g/mol. The van der Waals surface area contributed by atoms with Crippen molar-refractivity contribution in [3.8, 4) is 29.4 Å². The van der Waals surface area contributed by atoms with Crippen molar-refractivity contribution in [3.05, 3.63) is 257 Å². The van der Waals surface area contributed by atoms with Crippen LogP contribution in [-0.4, -0.2) is 43.2 Å². The van der Waals surface area contributed by atoms with Gasteiger partial charge in [-0.2, -0.15) is 10.5 Å². The SMILES string of the molecule is COc1ccccc1C(Cc1ccccc1)(c1cccc2ccccc12)C(C)(C#N)CN(CC(C)(C#N)C(Cc1ccccc1)(c1ccccc1OC)c1cccc2ccccc12)C(=O)c1ccccc1O. The van der Waals surface area contributed by atoms with Gasteiger partial charge in [-0.1, -0.05) is 194 Å². The zero-order valence-corrected chi connectivity index (χ0v) is 41.1. The lowest BCUT2D eigenvalue weighted by Crippen LogP contribution is -2.58. The maximum absolute atomic E-state index is 16.0. The topological polar surface area (TPSA) is 107 Å². The number of para-hydroxylation sites is 3. The van der Waals surface area contributed by atoms with E-state index >= 15 is 4.79 Å². The molecule has 7 nitrogen and oxygen atoms in total. The Morgan fingerprint density at radius 1 is 0.472 bits per heavy atom. The second-order valence-electron chi connectivity index (χ2n) is 19.2. The molecule has 9 aromatic carbocycles. The zero-order valence-electron chi connectivity index (χ0n) is 41.1. The molecule has 356 valence electrons. The maximum Gasteiger partial charge on any atom is 0.257 e. The highest BCUT2D eigenvalue weighted by atomic mass is 16.5. The van der Waals surface area contributed by atoms with Crippen LogP contribution in [0.1, 0.15) is 57.6 Å². The van der Waals surface area contributed by atoms with Crippen LogP contribution in [0, 0.1) is 33.5 Å². The first-order valence-electron chi connectivity index (χ1n) is 24.3. The molecule has 4 unspecified atom stereocenters. The average molecular weight is 944 g/mol. The van der Waals surface area contributed by atoms with Crippen LogP contribution in [0.15, 0.2) is 218 Å². The van der Waals surface area contributed by atoms with Gasteiger partial charge >= 0.3 is 0 Å². The molecule has 0 aliphatic rings. The van der Waals surface area contributed by atoms with E-state index < -0.39 is 27.6 Å². The average Bonchev–Trinajstić information content (AvgIpc) is 3.43. The zero-order chi connectivity index (χ0) is 50.4. The summed E-state index contributed by atoms with van der Waals surface area (Å²) in [5.74, 6) is 0.414. The highest BCUT2D eigenvalue weighted by molar-refractivity contribution is 5.97. The summed E-state index contributed by atoms with van der Waals surface area (Å²) in [4.78, 5) is 17.7. The van der Waals surface area contributed by atoms with Gasteiger partial charge in [0.05, 0.1) is 42.8 Å². The second kappa shape index (κ2) is 20.4. The van der Waals surface area contributed by atoms with E-state index in [1.807, 2.05) is 135 Å². The number of fused-ring (bicyclic) bond motifs is 2. The van der Waals surface area contributed by atoms with Crippen molar-refractivity contribution >= 4 is 27.5 Å². The van der Waals surface area contributed by atoms with Crippen LogP contribution in [0.4, 0.5) is 0 Å². The first-order valence-corrected chi connectivity index (χ1v) is 24.3. The number of carbonyl (C=O) groups is 1. The quantitative estimate of drug-likeness (QED) is 0.0974. The van der Waals surface area contributed by atoms with Gasteiger partial charge in [-0.25, -0.2) is 0 Å². The number of carbonyl (C=O) groups excluding carboxylic acids is 1. The van der Waals surface area contributed by atoms with Crippen LogP contribution in [0.2, 0.25) is 0 Å². The summed E-state index contributed by atoms with van der Waals surface area (Å²) >= 11 is 0. The number of nitrogens with zero attached hydrogens (tertiary/aromatic N) is 3. The molecule has 0 aliphatic heterocycles. The summed E-state index contributed by atoms with van der Waals surface area (Å²) < 4.78 is 12.6. The van der Waals surface area contributed by atoms with Gasteiger partial charge in [-0.3, -0.25) is 4.79 Å². The summed E-state index contributed by atoms with van der Waals surface area (Å²) in [7, 11) is 3.28. The number of methoxy groups -OCH3 is 2. The molecule has 0 radical (unpaired) electrons. The second-order valence-corrected chi connectivity index (χ2v) is 19.2. The van der Waals surface area contributed by atoms with E-state index in [9.17, 15) is 15.6 Å². The molecular weight excluding hydrogens is 887 g/mol. The van der Waals surface area contributed by atoms with E-state index in [1.165, 1.54) is 6.07 Å². The Morgan fingerprint density at radius 3 is 1.26 bits per heavy atom. The van der Waals surface area contributed by atoms with Crippen LogP contribution in [0.25, 0.3) is 21.5 Å². The molecule has 9 rings (SSSR count). The lowest BCUT2D eigenvalue weighted by Gasteiger charge is -2.51. The normalized spacial score (nSPS) is 14.6. The first kappa shape index (κ1) is 48.4. The van der Waals surface area contributed by atoms with Crippen LogP contribution in [0.5, 0.6) is 17.2 Å². The van der Waals surface area contributed by atoms with E-state index in [-0.39, 0.29) is 24.4 Å². The Bertz CT molecular complexity index is 3260. The predicted octanol–water partition coefficient (Wildman–Crippen LogP) is 13.7. The van der Waals surface area contributed by atoms with Crippen molar-refractivity contribution in [2.45, 2.75) is 37.5 Å². The molecule has 7 heteroatoms. The van der Waals surface area contributed by atoms with Crippen molar-refractivity contribution in [1.29, 1.82) is 10.5 Å². The molecule has 0 aliphatic carbocycles. The molecule has 1 amide bonds. The van der Waals surface area contributed by atoms with Crippen LogP contribution in [-0.2, 0) is 23.7 Å². The minimum absolute atomic E-state index is 0.0466. The van der Waals surface area contributed by atoms with Gasteiger partial charge in [0.25, 0.3) is 5.91 Å². The fourth-order valence-corrected chi connectivity index (χ4v) is 11.6. The van der Waals surface area contributed by atoms with E-state index in [0.717, 1.165) is 54.9 Å². The largest absolute Gasteiger partial charge is 0.507 e. The number of rotatable bonds is 17. The van der Waals surface area contributed by atoms with Gasteiger partial charge in [-0.15, -0.1) is 0 Å². The van der Waals surface area contributed by atoms with Crippen molar-refractivity contribution in [3.63, 3.8) is 0 Å². The Kier molecular flexibility index (Phi) is 13.7. The fraction of sp³-hybridized carbons (Fsp3) is 0.185. The standard InChI is InChI=1S/C65H57N3O4/c1-62(43-66,64(41-47-23-7-5-8-24-47,56-34-16-19-39-59(56)71-3)54-36-21-29-49-27-11-13-31-51(49)54)45-68(61(70)53-33-15-18-38-58(53)69)46-63(2,44-67)65(42-48-25-9-6-10-26-48,57-35-17-20-40-60(57)72-4)55-37-22-30-50-28-12-14-32-52(50)55/h5-40,69H,41-42,45-46H2,1-4H3. The summed E-state index contributed by atoms with van der Waals surface area (Å²) in [6.07, 6.45) is 0.658. The number of hydrogen-bond donors (Lipinski definition) is 1. The Labute approximate surface area is 422 Å². The third-order valence-corrected chi connectivity index (χ3v) is 15.1. The molecule has 0 heterocycles. The number of phenols is 1. The van der Waals surface area contributed by atoms with Crippen LogP contribution >= 0.6 is 0 Å². The summed E-state index contributed by atoms with van der Waals surface area (Å²) in [6.45, 7) is 3.48. The van der Waals surface area contributed by atoms with Gasteiger partial charge in [0.2, 0.25) is 0 Å². The van der Waals surface area contributed by atoms with E-state index in [1.54, 1.807) is 37.3 Å². The molecule has 0 aromatic heterocycles. The molecule has 0 saturated carbocycles. The smallest absolute Gasteiger partial charge is 0.257 e. The third-order valence-electron chi connectivity index (χ3n) is 15.1.